The molecule has 0 aliphatic heterocycles. The highest BCUT2D eigenvalue weighted by molar-refractivity contribution is 7.99. The first kappa shape index (κ1) is 16.0. The first-order chi connectivity index (χ1) is 9.04. The van der Waals surface area contributed by atoms with Crippen molar-refractivity contribution < 1.29 is 14.3 Å². The molecule has 0 fully saturated rings. The van der Waals surface area contributed by atoms with Crippen LogP contribution in [0.15, 0.2) is 29.2 Å². The number of nitrogens with zero attached hydrogens (tertiary/aromatic N) is 1. The van der Waals surface area contributed by atoms with Gasteiger partial charge in [0.15, 0.2) is 0 Å². The van der Waals surface area contributed by atoms with Crippen LogP contribution in [0.4, 0.5) is 4.39 Å². The summed E-state index contributed by atoms with van der Waals surface area (Å²) in [6.07, 6.45) is 0.900. The predicted octanol–water partition coefficient (Wildman–Crippen LogP) is 3.10. The van der Waals surface area contributed by atoms with E-state index in [0.717, 1.165) is 6.42 Å². The smallest absolute Gasteiger partial charge is 0.317 e. The largest absolute Gasteiger partial charge is 0.480 e. The first-order valence-corrected chi connectivity index (χ1v) is 7.36. The maximum atomic E-state index is 13.4. The van der Waals surface area contributed by atoms with Crippen LogP contribution < -0.4 is 0 Å². The van der Waals surface area contributed by atoms with Gasteiger partial charge in [0.25, 0.3) is 0 Å². The molecule has 0 aliphatic rings. The second-order valence-corrected chi connectivity index (χ2v) is 5.54. The minimum absolute atomic E-state index is 0.0346. The number of halogens is 1. The van der Waals surface area contributed by atoms with Crippen LogP contribution in [0.1, 0.15) is 20.3 Å². The highest BCUT2D eigenvalue weighted by Crippen LogP contribution is 2.21. The Morgan fingerprint density at radius 1 is 1.47 bits per heavy atom. The van der Waals surface area contributed by atoms with Gasteiger partial charge in [-0.15, -0.1) is 11.8 Å². The van der Waals surface area contributed by atoms with E-state index < -0.39 is 5.97 Å². The number of carboxylic acids is 1. The van der Waals surface area contributed by atoms with Gasteiger partial charge in [0.05, 0.1) is 6.54 Å². The summed E-state index contributed by atoms with van der Waals surface area (Å²) in [6.45, 7) is 4.72. The number of carboxylic acid groups (broad SMARTS) is 1. The number of rotatable bonds is 8. The van der Waals surface area contributed by atoms with E-state index in [4.69, 9.17) is 5.11 Å². The number of thioether (sulfide) groups is 1. The van der Waals surface area contributed by atoms with Crippen LogP contribution in [0, 0.1) is 5.82 Å². The standard InChI is InChI=1S/C14H20FNO2S/c1-3-11(2)16(10-14(17)18)8-9-19-13-7-5-4-6-12(13)15/h4-7,11H,3,8-10H2,1-2H3,(H,17,18). The van der Waals surface area contributed by atoms with Gasteiger partial charge in [-0.05, 0) is 25.5 Å². The number of carbonyl (C=O) groups is 1. The zero-order valence-corrected chi connectivity index (χ0v) is 12.1. The van der Waals surface area contributed by atoms with Crippen LogP contribution in [0.5, 0.6) is 0 Å². The molecule has 5 heteroatoms. The third-order valence-electron chi connectivity index (χ3n) is 3.03. The van der Waals surface area contributed by atoms with Gasteiger partial charge in [-0.25, -0.2) is 4.39 Å². The van der Waals surface area contributed by atoms with E-state index in [1.807, 2.05) is 18.7 Å². The van der Waals surface area contributed by atoms with Crippen LogP contribution in [-0.4, -0.2) is 40.9 Å². The Balaban J connectivity index is 2.48. The Morgan fingerprint density at radius 3 is 2.74 bits per heavy atom. The average molecular weight is 285 g/mol. The van der Waals surface area contributed by atoms with Gasteiger partial charge in [0, 0.05) is 23.2 Å². The van der Waals surface area contributed by atoms with Crippen LogP contribution >= 0.6 is 11.8 Å². The van der Waals surface area contributed by atoms with Crippen molar-refractivity contribution in [2.75, 3.05) is 18.8 Å². The van der Waals surface area contributed by atoms with Crippen LogP contribution in [-0.2, 0) is 4.79 Å². The fourth-order valence-corrected chi connectivity index (χ4v) is 2.65. The molecule has 1 aromatic carbocycles. The Hall–Kier alpha value is -1.07. The molecule has 0 saturated carbocycles. The van der Waals surface area contributed by atoms with Gasteiger partial charge in [0.1, 0.15) is 5.82 Å². The zero-order chi connectivity index (χ0) is 14.3. The number of benzene rings is 1. The van der Waals surface area contributed by atoms with Crippen molar-refractivity contribution >= 4 is 17.7 Å². The van der Waals surface area contributed by atoms with Gasteiger partial charge in [-0.1, -0.05) is 19.1 Å². The summed E-state index contributed by atoms with van der Waals surface area (Å²) in [7, 11) is 0. The minimum Gasteiger partial charge on any atom is -0.480 e. The summed E-state index contributed by atoms with van der Waals surface area (Å²) in [5.41, 5.74) is 0. The Kier molecular flexibility index (Phi) is 6.87. The molecular weight excluding hydrogens is 265 g/mol. The normalized spacial score (nSPS) is 12.6. The molecule has 1 N–H and O–H groups in total. The van der Waals surface area contributed by atoms with Gasteiger partial charge in [-0.3, -0.25) is 9.69 Å². The molecule has 0 aliphatic carbocycles. The lowest BCUT2D eigenvalue weighted by atomic mass is 10.2. The van der Waals surface area contributed by atoms with Crippen molar-refractivity contribution in [1.82, 2.24) is 4.90 Å². The molecule has 1 aromatic rings. The zero-order valence-electron chi connectivity index (χ0n) is 11.3. The van der Waals surface area contributed by atoms with E-state index in [1.165, 1.54) is 17.8 Å². The van der Waals surface area contributed by atoms with E-state index in [9.17, 15) is 9.18 Å². The van der Waals surface area contributed by atoms with Crippen molar-refractivity contribution in [3.05, 3.63) is 30.1 Å². The van der Waals surface area contributed by atoms with Crippen molar-refractivity contribution in [2.45, 2.75) is 31.2 Å². The fourth-order valence-electron chi connectivity index (χ4n) is 1.72. The molecule has 106 valence electrons. The van der Waals surface area contributed by atoms with Crippen molar-refractivity contribution in [3.8, 4) is 0 Å². The van der Waals surface area contributed by atoms with Crippen LogP contribution in [0.25, 0.3) is 0 Å². The summed E-state index contributed by atoms with van der Waals surface area (Å²) in [5, 5.41) is 8.88. The monoisotopic (exact) mass is 285 g/mol. The highest BCUT2D eigenvalue weighted by Gasteiger charge is 2.15. The topological polar surface area (TPSA) is 40.5 Å². The molecule has 0 radical (unpaired) electrons. The van der Waals surface area contributed by atoms with E-state index in [0.29, 0.717) is 17.2 Å². The molecule has 1 unspecified atom stereocenters. The lowest BCUT2D eigenvalue weighted by Gasteiger charge is -2.26. The molecule has 0 heterocycles. The second kappa shape index (κ2) is 8.17. The molecule has 19 heavy (non-hydrogen) atoms. The van der Waals surface area contributed by atoms with Crippen molar-refractivity contribution in [3.63, 3.8) is 0 Å². The SMILES string of the molecule is CCC(C)N(CCSc1ccccc1F)CC(=O)O. The maximum absolute atomic E-state index is 13.4. The molecule has 0 aromatic heterocycles. The third kappa shape index (κ3) is 5.61. The van der Waals surface area contributed by atoms with E-state index in [2.05, 4.69) is 0 Å². The van der Waals surface area contributed by atoms with Crippen molar-refractivity contribution in [1.29, 1.82) is 0 Å². The maximum Gasteiger partial charge on any atom is 0.317 e. The van der Waals surface area contributed by atoms with E-state index in [1.54, 1.807) is 18.2 Å². The van der Waals surface area contributed by atoms with Gasteiger partial charge < -0.3 is 5.11 Å². The van der Waals surface area contributed by atoms with Gasteiger partial charge in [-0.2, -0.15) is 0 Å². The molecule has 0 saturated heterocycles. The van der Waals surface area contributed by atoms with E-state index in [-0.39, 0.29) is 18.4 Å². The Bertz CT molecular complexity index is 414. The molecule has 3 nitrogen and oxygen atoms in total. The van der Waals surface area contributed by atoms with Gasteiger partial charge in [0.2, 0.25) is 0 Å². The van der Waals surface area contributed by atoms with Crippen molar-refractivity contribution in [2.24, 2.45) is 0 Å². The Labute approximate surface area is 117 Å². The van der Waals surface area contributed by atoms with Crippen LogP contribution in [0.2, 0.25) is 0 Å². The first-order valence-electron chi connectivity index (χ1n) is 6.37. The molecule has 1 atom stereocenters. The number of hydrogen-bond acceptors (Lipinski definition) is 3. The van der Waals surface area contributed by atoms with Gasteiger partial charge >= 0.3 is 5.97 Å². The number of aliphatic carboxylic acids is 1. The second-order valence-electron chi connectivity index (χ2n) is 4.40. The summed E-state index contributed by atoms with van der Waals surface area (Å²) in [4.78, 5) is 13.3. The average Bonchev–Trinajstić information content (AvgIpc) is 2.38. The lowest BCUT2D eigenvalue weighted by molar-refractivity contribution is -0.138. The molecule has 0 amide bonds. The molecule has 0 spiro atoms. The summed E-state index contributed by atoms with van der Waals surface area (Å²) >= 11 is 1.42. The predicted molar refractivity (Wildman–Crippen MR) is 76.1 cm³/mol. The van der Waals surface area contributed by atoms with E-state index >= 15 is 0 Å². The molecular formula is C14H20FNO2S. The lowest BCUT2D eigenvalue weighted by Crippen LogP contribution is -2.38. The van der Waals surface area contributed by atoms with Crippen LogP contribution in [0.3, 0.4) is 0 Å². The Morgan fingerprint density at radius 2 is 2.16 bits per heavy atom. The third-order valence-corrected chi connectivity index (χ3v) is 4.05. The molecule has 0 bridgehead atoms. The fraction of sp³-hybridized carbons (Fsp3) is 0.500. The molecule has 1 rings (SSSR count). The highest BCUT2D eigenvalue weighted by atomic mass is 32.2. The summed E-state index contributed by atoms with van der Waals surface area (Å²) in [5.74, 6) is -0.365. The minimum atomic E-state index is -0.823. The quantitative estimate of drug-likeness (QED) is 0.745. The number of hydrogen-bond donors (Lipinski definition) is 1. The summed E-state index contributed by atoms with van der Waals surface area (Å²) < 4.78 is 13.4. The summed E-state index contributed by atoms with van der Waals surface area (Å²) in [6, 6.07) is 6.86.